The number of ether oxygens (including phenoxy) is 1. The molecule has 0 radical (unpaired) electrons. The average molecular weight is 579 g/mol. The lowest BCUT2D eigenvalue weighted by atomic mass is 9.67. The monoisotopic (exact) mass is 577 g/mol. The van der Waals surface area contributed by atoms with Gasteiger partial charge in [-0.05, 0) is 55.9 Å². The molecule has 9 heteroatoms. The highest BCUT2D eigenvalue weighted by Crippen LogP contribution is 2.47. The Morgan fingerprint density at radius 3 is 2.57 bits per heavy atom. The number of phenolic OH excluding ortho intramolecular Hbond substituents is 1. The first-order valence-corrected chi connectivity index (χ1v) is 13.6. The van der Waals surface area contributed by atoms with E-state index in [0.717, 1.165) is 42.0 Å². The molecule has 3 N–H and O–H groups in total. The van der Waals surface area contributed by atoms with E-state index < -0.39 is 48.4 Å². The summed E-state index contributed by atoms with van der Waals surface area (Å²) >= 11 is 3.43. The molecule has 8 nitrogen and oxygen atoms in total. The molecule has 202 valence electrons. The molecule has 1 heterocycles. The number of fused-ring (bicyclic) bond motifs is 1. The maximum absolute atomic E-state index is 13.1. The quantitative estimate of drug-likeness (QED) is 0.265. The van der Waals surface area contributed by atoms with Crippen molar-refractivity contribution >= 4 is 39.9 Å². The average Bonchev–Trinajstić information content (AvgIpc) is 3.12. The second-order valence-electron chi connectivity index (χ2n) is 9.73. The molecular weight excluding hydrogens is 542 g/mol. The van der Waals surface area contributed by atoms with E-state index in [0.29, 0.717) is 35.3 Å². The van der Waals surface area contributed by atoms with Crippen LogP contribution in [0.3, 0.4) is 0 Å². The topological polar surface area (TPSA) is 124 Å². The Morgan fingerprint density at radius 1 is 1.22 bits per heavy atom. The number of aliphatic hydroxyl groups excluding tert-OH is 2. The van der Waals surface area contributed by atoms with Crippen LogP contribution in [-0.2, 0) is 14.3 Å². The lowest BCUT2D eigenvalue weighted by Gasteiger charge is -2.36. The lowest BCUT2D eigenvalue weighted by molar-refractivity contribution is -0.137. The van der Waals surface area contributed by atoms with Crippen LogP contribution in [-0.4, -0.2) is 57.9 Å². The fraction of sp³-hybridized carbons (Fsp3) is 0.536. The van der Waals surface area contributed by atoms with Gasteiger partial charge in [-0.25, -0.2) is 4.79 Å². The minimum Gasteiger partial charge on any atom is -0.507 e. The maximum atomic E-state index is 13.1. The zero-order valence-electron chi connectivity index (χ0n) is 21.6. The summed E-state index contributed by atoms with van der Waals surface area (Å²) in [5.41, 5.74) is 3.23. The number of hydrogen-bond acceptors (Lipinski definition) is 7. The third kappa shape index (κ3) is 6.16. The van der Waals surface area contributed by atoms with Gasteiger partial charge in [-0.3, -0.25) is 9.59 Å². The molecule has 3 amide bonds. The summed E-state index contributed by atoms with van der Waals surface area (Å²) in [4.78, 5) is 38.8. The van der Waals surface area contributed by atoms with Crippen molar-refractivity contribution in [3.63, 3.8) is 0 Å². The molecule has 0 unspecified atom stereocenters. The van der Waals surface area contributed by atoms with E-state index in [-0.39, 0.29) is 12.2 Å². The number of carbonyl (C=O) groups is 3. The van der Waals surface area contributed by atoms with Gasteiger partial charge in [0.25, 0.3) is 0 Å². The predicted molar refractivity (Wildman–Crippen MR) is 142 cm³/mol. The van der Waals surface area contributed by atoms with Crippen molar-refractivity contribution in [2.75, 3.05) is 13.7 Å². The van der Waals surface area contributed by atoms with Gasteiger partial charge in [0.05, 0.1) is 31.7 Å². The first kappa shape index (κ1) is 29.1. The Kier molecular flexibility index (Phi) is 10.1. The fourth-order valence-electron chi connectivity index (χ4n) is 5.70. The van der Waals surface area contributed by atoms with Gasteiger partial charge >= 0.3 is 6.09 Å². The van der Waals surface area contributed by atoms with Crippen molar-refractivity contribution < 1.29 is 34.4 Å². The highest BCUT2D eigenvalue weighted by molar-refractivity contribution is 9.10. The molecule has 0 aromatic heterocycles. The smallest absolute Gasteiger partial charge is 0.423 e. The van der Waals surface area contributed by atoms with Crippen LogP contribution >= 0.6 is 15.9 Å². The third-order valence-corrected chi connectivity index (χ3v) is 7.80. The Hall–Kier alpha value is -2.49. The number of allylic oxidation sites excluding steroid dienone is 2. The first-order valence-electron chi connectivity index (χ1n) is 12.8. The molecule has 37 heavy (non-hydrogen) atoms. The van der Waals surface area contributed by atoms with Crippen LogP contribution in [0.1, 0.15) is 64.4 Å². The molecule has 4 atom stereocenters. The zero-order chi connectivity index (χ0) is 27.3. The van der Waals surface area contributed by atoms with E-state index in [2.05, 4.69) is 27.6 Å². The molecule has 0 bridgehead atoms. The van der Waals surface area contributed by atoms with E-state index in [1.54, 1.807) is 12.1 Å². The number of amides is 3. The normalized spacial score (nSPS) is 22.9. The lowest BCUT2D eigenvalue weighted by Crippen LogP contribution is -2.40. The van der Waals surface area contributed by atoms with Gasteiger partial charge < -0.3 is 20.1 Å². The Labute approximate surface area is 226 Å². The molecule has 1 aromatic carbocycles. The van der Waals surface area contributed by atoms with Gasteiger partial charge in [0.1, 0.15) is 5.75 Å². The molecule has 2 aliphatic rings. The molecule has 1 aromatic rings. The van der Waals surface area contributed by atoms with Crippen LogP contribution in [0.2, 0.25) is 0 Å². The Balaban J connectivity index is 1.90. The van der Waals surface area contributed by atoms with E-state index in [9.17, 15) is 29.7 Å². The number of carbonyl (C=O) groups excluding carboxylic acids is 3. The van der Waals surface area contributed by atoms with Crippen molar-refractivity contribution in [3.8, 4) is 5.75 Å². The second-order valence-corrected chi connectivity index (χ2v) is 10.6. The van der Waals surface area contributed by atoms with Crippen molar-refractivity contribution in [2.24, 2.45) is 17.8 Å². The number of phenols is 1. The Bertz CT molecular complexity index is 1100. The molecule has 0 saturated carbocycles. The molecule has 3 rings (SSSR count). The van der Waals surface area contributed by atoms with E-state index in [1.165, 1.54) is 0 Å². The van der Waals surface area contributed by atoms with Gasteiger partial charge in [0, 0.05) is 16.0 Å². The summed E-state index contributed by atoms with van der Waals surface area (Å²) in [6, 6.07) is 5.22. The van der Waals surface area contributed by atoms with Crippen LogP contribution in [0.4, 0.5) is 4.79 Å². The maximum Gasteiger partial charge on any atom is 0.423 e. The number of aromatic hydroxyl groups is 1. The summed E-state index contributed by atoms with van der Waals surface area (Å²) < 4.78 is 5.49. The van der Waals surface area contributed by atoms with Crippen LogP contribution in [0.25, 0.3) is 6.08 Å². The minimum absolute atomic E-state index is 0.170. The predicted octanol–water partition coefficient (Wildman–Crippen LogP) is 4.96. The number of nitrogens with zero attached hydrogens (tertiary/aromatic N) is 1. The van der Waals surface area contributed by atoms with Crippen molar-refractivity contribution in [3.05, 3.63) is 45.0 Å². The van der Waals surface area contributed by atoms with Crippen molar-refractivity contribution in [1.29, 1.82) is 0 Å². The summed E-state index contributed by atoms with van der Waals surface area (Å²) in [5, 5.41) is 32.0. The van der Waals surface area contributed by atoms with Gasteiger partial charge in [-0.2, -0.15) is 4.90 Å². The van der Waals surface area contributed by atoms with Gasteiger partial charge in [-0.15, -0.1) is 0 Å². The molecule has 1 aliphatic carbocycles. The standard InChI is InChI=1S/C28H36BrNO7/c1-4-6-16(12-18-13-19(29)9-11-22(18)32)8-10-23(33)24-17(7-5-2)14-20-25(21(24)15-31)27(35)30(26(20)34)28(36)37-3/h9,11-13,20-21,23,25,31-33H,4-8,10,14-15H2,1-3H3/b16-12+/t20-,21+,23-,25-/m1/s1. The second kappa shape index (κ2) is 12.8. The number of imide groups is 3. The van der Waals surface area contributed by atoms with Gasteiger partial charge in [-0.1, -0.05) is 59.8 Å². The third-order valence-electron chi connectivity index (χ3n) is 7.31. The van der Waals surface area contributed by atoms with Crippen LogP contribution in [0, 0.1) is 17.8 Å². The van der Waals surface area contributed by atoms with Crippen LogP contribution in [0.5, 0.6) is 5.75 Å². The number of hydrogen-bond donors (Lipinski definition) is 3. The van der Waals surface area contributed by atoms with Crippen molar-refractivity contribution in [2.45, 2.75) is 64.9 Å². The molecule has 1 aliphatic heterocycles. The molecule has 1 fully saturated rings. The summed E-state index contributed by atoms with van der Waals surface area (Å²) in [5.74, 6) is -3.54. The Morgan fingerprint density at radius 2 is 1.95 bits per heavy atom. The summed E-state index contributed by atoms with van der Waals surface area (Å²) in [6.45, 7) is 3.64. The van der Waals surface area contributed by atoms with E-state index in [4.69, 9.17) is 0 Å². The first-order chi connectivity index (χ1) is 17.7. The summed E-state index contributed by atoms with van der Waals surface area (Å²) in [7, 11) is 1.11. The molecule has 0 spiro atoms. The van der Waals surface area contributed by atoms with E-state index >= 15 is 0 Å². The fourth-order valence-corrected chi connectivity index (χ4v) is 6.08. The molecular formula is C28H36BrNO7. The van der Waals surface area contributed by atoms with Crippen molar-refractivity contribution in [1.82, 2.24) is 4.90 Å². The number of benzene rings is 1. The summed E-state index contributed by atoms with van der Waals surface area (Å²) in [6.07, 6.45) is 4.24. The SMILES string of the molecule is CCCC1=C([C@H](O)CC/C(=C/c2cc(Br)ccc2O)CCC)[C@H](CO)[C@@H]2C(=O)N(C(=O)OC)C(=O)[C@@H]2C1. The zero-order valence-corrected chi connectivity index (χ0v) is 23.2. The highest BCUT2D eigenvalue weighted by Gasteiger charge is 2.57. The molecule has 1 saturated heterocycles. The van der Waals surface area contributed by atoms with E-state index in [1.807, 2.05) is 19.1 Å². The largest absolute Gasteiger partial charge is 0.507 e. The highest BCUT2D eigenvalue weighted by atomic mass is 79.9. The number of halogens is 1. The van der Waals surface area contributed by atoms with Crippen LogP contribution in [0.15, 0.2) is 39.4 Å². The number of rotatable bonds is 10. The number of aliphatic hydroxyl groups is 2. The number of methoxy groups -OCH3 is 1. The minimum atomic E-state index is -1.02. The van der Waals surface area contributed by atoms with Gasteiger partial charge in [0.2, 0.25) is 11.8 Å². The van der Waals surface area contributed by atoms with Crippen LogP contribution < -0.4 is 0 Å². The number of likely N-dealkylation sites (tertiary alicyclic amines) is 1. The van der Waals surface area contributed by atoms with Gasteiger partial charge in [0.15, 0.2) is 0 Å².